The molecule has 0 saturated carbocycles. The summed E-state index contributed by atoms with van der Waals surface area (Å²) in [4.78, 5) is 0.170. The van der Waals surface area contributed by atoms with Crippen molar-refractivity contribution in [1.29, 1.82) is 0 Å². The zero-order chi connectivity index (χ0) is 21.1. The van der Waals surface area contributed by atoms with Gasteiger partial charge in [0.25, 0.3) is 0 Å². The summed E-state index contributed by atoms with van der Waals surface area (Å²) in [6.45, 7) is 1.32. The van der Waals surface area contributed by atoms with Crippen LogP contribution in [0.2, 0.25) is 0 Å². The maximum atomic E-state index is 13.2. The Hall–Kier alpha value is -1.94. The van der Waals surface area contributed by atoms with Crippen molar-refractivity contribution in [2.45, 2.75) is 28.7 Å². The van der Waals surface area contributed by atoms with Gasteiger partial charge in [-0.1, -0.05) is 12.1 Å². The number of epoxide rings is 1. The van der Waals surface area contributed by atoms with E-state index in [0.717, 1.165) is 17.6 Å². The third-order valence-corrected chi connectivity index (χ3v) is 7.84. The molecule has 1 heterocycles. The van der Waals surface area contributed by atoms with Gasteiger partial charge in [-0.15, -0.1) is 0 Å². The highest BCUT2D eigenvalue weighted by Gasteiger charge is 2.29. The van der Waals surface area contributed by atoms with E-state index in [-0.39, 0.29) is 15.9 Å². The van der Waals surface area contributed by atoms with Crippen LogP contribution in [0, 0.1) is 0 Å². The van der Waals surface area contributed by atoms with E-state index in [2.05, 4.69) is 0 Å². The van der Waals surface area contributed by atoms with E-state index in [4.69, 9.17) is 9.47 Å². The summed E-state index contributed by atoms with van der Waals surface area (Å²) in [5.41, 5.74) is 1.00. The predicted molar refractivity (Wildman–Crippen MR) is 109 cm³/mol. The smallest absolute Gasteiger partial charge is 0.243 e. The van der Waals surface area contributed by atoms with Gasteiger partial charge < -0.3 is 9.47 Å². The van der Waals surface area contributed by atoms with Crippen LogP contribution in [0.15, 0.2) is 58.3 Å². The largest absolute Gasteiger partial charge is 0.497 e. The normalized spacial score (nSPS) is 16.7. The van der Waals surface area contributed by atoms with E-state index in [1.165, 1.54) is 28.6 Å². The molecular formula is C20H25NO6S2. The third kappa shape index (κ3) is 5.79. The van der Waals surface area contributed by atoms with Gasteiger partial charge in [0.15, 0.2) is 9.84 Å². The van der Waals surface area contributed by atoms with Crippen molar-refractivity contribution in [3.8, 4) is 5.75 Å². The van der Waals surface area contributed by atoms with Gasteiger partial charge in [0.2, 0.25) is 10.0 Å². The average Bonchev–Trinajstić information content (AvgIpc) is 3.52. The summed E-state index contributed by atoms with van der Waals surface area (Å²) in [7, 11) is -5.55. The van der Waals surface area contributed by atoms with Gasteiger partial charge in [-0.3, -0.25) is 0 Å². The second-order valence-electron chi connectivity index (χ2n) is 6.99. The molecule has 1 unspecified atom stereocenters. The number of sulfone groups is 1. The number of rotatable bonds is 10. The summed E-state index contributed by atoms with van der Waals surface area (Å²) < 4.78 is 61.4. The van der Waals surface area contributed by atoms with Crippen LogP contribution in [0.5, 0.6) is 5.75 Å². The molecule has 0 amide bonds. The van der Waals surface area contributed by atoms with Gasteiger partial charge in [0.05, 0.1) is 29.6 Å². The lowest BCUT2D eigenvalue weighted by Gasteiger charge is -2.22. The molecule has 9 heteroatoms. The number of benzene rings is 2. The highest BCUT2D eigenvalue weighted by atomic mass is 32.2. The molecule has 0 N–H and O–H groups in total. The molecule has 158 valence electrons. The summed E-state index contributed by atoms with van der Waals surface area (Å²) in [5.74, 6) is 0.745. The first-order chi connectivity index (χ1) is 13.7. The quantitative estimate of drug-likeness (QED) is 0.527. The number of hydrogen-bond donors (Lipinski definition) is 0. The number of sulfonamides is 1. The molecule has 0 aliphatic carbocycles. The Balaban J connectivity index is 1.77. The molecule has 0 aromatic heterocycles. The molecular weight excluding hydrogens is 414 g/mol. The fourth-order valence-electron chi connectivity index (χ4n) is 2.93. The Kier molecular flexibility index (Phi) is 6.62. The molecule has 7 nitrogen and oxygen atoms in total. The van der Waals surface area contributed by atoms with Gasteiger partial charge in [0, 0.05) is 19.3 Å². The summed E-state index contributed by atoms with van der Waals surface area (Å²) >= 11 is 0. The van der Waals surface area contributed by atoms with Crippen LogP contribution < -0.4 is 4.74 Å². The molecule has 2 aromatic rings. The molecule has 1 fully saturated rings. The Morgan fingerprint density at radius 1 is 0.966 bits per heavy atom. The van der Waals surface area contributed by atoms with E-state index in [1.807, 2.05) is 24.3 Å². The van der Waals surface area contributed by atoms with Crippen molar-refractivity contribution in [2.24, 2.45) is 0 Å². The monoisotopic (exact) mass is 439 g/mol. The Labute approximate surface area is 172 Å². The molecule has 2 aromatic carbocycles. The van der Waals surface area contributed by atoms with E-state index in [9.17, 15) is 16.8 Å². The summed E-state index contributed by atoms with van der Waals surface area (Å²) in [6.07, 6.45) is 2.38. The number of ether oxygens (including phenoxy) is 2. The lowest BCUT2D eigenvalue weighted by molar-refractivity contribution is 0.352. The maximum absolute atomic E-state index is 13.2. The van der Waals surface area contributed by atoms with E-state index >= 15 is 0 Å². The topological polar surface area (TPSA) is 93.3 Å². The fourth-order valence-corrected chi connectivity index (χ4v) is 5.01. The zero-order valence-electron chi connectivity index (χ0n) is 16.4. The number of nitrogens with zero attached hydrogens (tertiary/aromatic N) is 1. The van der Waals surface area contributed by atoms with Crippen molar-refractivity contribution in [3.63, 3.8) is 0 Å². The maximum Gasteiger partial charge on any atom is 0.243 e. The minimum atomic E-state index is -3.76. The van der Waals surface area contributed by atoms with Crippen LogP contribution in [-0.2, 0) is 31.0 Å². The lowest BCUT2D eigenvalue weighted by atomic mass is 10.1. The fraction of sp³-hybridized carbons (Fsp3) is 0.400. The second-order valence-corrected chi connectivity index (χ2v) is 10.9. The highest BCUT2D eigenvalue weighted by molar-refractivity contribution is 7.90. The lowest BCUT2D eigenvalue weighted by Crippen LogP contribution is -2.34. The van der Waals surface area contributed by atoms with Gasteiger partial charge in [-0.25, -0.2) is 16.8 Å². The SMILES string of the molecule is COc1ccc(CCN(CCC2CO2)S(=O)(=O)c2ccc(S(C)(=O)=O)cc2)cc1. The standard InChI is InChI=1S/C20H25NO6S2/c1-26-17-5-3-16(4-6-17)11-13-21(14-12-18-15-27-18)29(24,25)20-9-7-19(8-10-20)28(2,22)23/h3-10,18H,11-15H2,1-2H3. The summed E-state index contributed by atoms with van der Waals surface area (Å²) in [5, 5.41) is 0. The molecule has 0 radical (unpaired) electrons. The van der Waals surface area contributed by atoms with Crippen LogP contribution in [0.25, 0.3) is 0 Å². The first kappa shape index (κ1) is 21.8. The van der Waals surface area contributed by atoms with Crippen molar-refractivity contribution < 1.29 is 26.3 Å². The van der Waals surface area contributed by atoms with Gasteiger partial charge in [0.1, 0.15) is 5.75 Å². The van der Waals surface area contributed by atoms with Crippen molar-refractivity contribution in [1.82, 2.24) is 4.31 Å². The minimum absolute atomic E-state index is 0.0800. The van der Waals surface area contributed by atoms with Gasteiger partial charge in [-0.2, -0.15) is 4.31 Å². The van der Waals surface area contributed by atoms with Gasteiger partial charge in [-0.05, 0) is 54.8 Å². The van der Waals surface area contributed by atoms with Crippen LogP contribution >= 0.6 is 0 Å². The molecule has 1 aliphatic heterocycles. The molecule has 0 spiro atoms. The van der Waals surface area contributed by atoms with Crippen molar-refractivity contribution >= 4 is 19.9 Å². The molecule has 1 atom stereocenters. The Morgan fingerprint density at radius 3 is 2.07 bits per heavy atom. The molecule has 0 bridgehead atoms. The van der Waals surface area contributed by atoms with E-state index < -0.39 is 19.9 Å². The van der Waals surface area contributed by atoms with Crippen LogP contribution in [0.4, 0.5) is 0 Å². The second kappa shape index (κ2) is 8.83. The predicted octanol–water partition coefficient (Wildman–Crippen LogP) is 2.12. The van der Waals surface area contributed by atoms with Crippen LogP contribution in [0.3, 0.4) is 0 Å². The molecule has 3 rings (SSSR count). The van der Waals surface area contributed by atoms with Crippen molar-refractivity contribution in [3.05, 3.63) is 54.1 Å². The van der Waals surface area contributed by atoms with Crippen LogP contribution in [-0.4, -0.2) is 60.3 Å². The number of methoxy groups -OCH3 is 1. The van der Waals surface area contributed by atoms with Crippen molar-refractivity contribution in [2.75, 3.05) is 33.1 Å². The Morgan fingerprint density at radius 2 is 1.55 bits per heavy atom. The van der Waals surface area contributed by atoms with Gasteiger partial charge >= 0.3 is 0 Å². The van der Waals surface area contributed by atoms with Crippen LogP contribution in [0.1, 0.15) is 12.0 Å². The molecule has 29 heavy (non-hydrogen) atoms. The molecule has 1 aliphatic rings. The highest BCUT2D eigenvalue weighted by Crippen LogP contribution is 2.22. The minimum Gasteiger partial charge on any atom is -0.497 e. The molecule has 1 saturated heterocycles. The van der Waals surface area contributed by atoms with E-state index in [1.54, 1.807) is 7.11 Å². The summed E-state index contributed by atoms with van der Waals surface area (Å²) in [6, 6.07) is 12.9. The number of hydrogen-bond acceptors (Lipinski definition) is 6. The zero-order valence-corrected chi connectivity index (χ0v) is 18.1. The van der Waals surface area contributed by atoms with E-state index in [0.29, 0.717) is 32.5 Å². The third-order valence-electron chi connectivity index (χ3n) is 4.80. The first-order valence-corrected chi connectivity index (χ1v) is 12.6. The average molecular weight is 440 g/mol. The Bertz CT molecular complexity index is 1030. The first-order valence-electron chi connectivity index (χ1n) is 9.25.